The fourth-order valence-corrected chi connectivity index (χ4v) is 1.78. The van der Waals surface area contributed by atoms with E-state index < -0.39 is 11.9 Å². The maximum atomic E-state index is 12.6. The van der Waals surface area contributed by atoms with Gasteiger partial charge in [-0.1, -0.05) is 6.92 Å². The maximum Gasteiger partial charge on any atom is 0.433 e. The van der Waals surface area contributed by atoms with Crippen molar-refractivity contribution in [2.24, 2.45) is 5.92 Å². The van der Waals surface area contributed by atoms with Gasteiger partial charge >= 0.3 is 6.18 Å². The number of anilines is 2. The van der Waals surface area contributed by atoms with E-state index in [9.17, 15) is 18.0 Å². The Bertz CT molecular complexity index is 490. The van der Waals surface area contributed by atoms with Crippen molar-refractivity contribution >= 4 is 17.3 Å². The molecule has 0 saturated heterocycles. The van der Waals surface area contributed by atoms with E-state index in [-0.39, 0.29) is 29.7 Å². The van der Waals surface area contributed by atoms with E-state index in [1.54, 1.807) is 14.0 Å². The highest BCUT2D eigenvalue weighted by atomic mass is 19.4. The third-order valence-electron chi connectivity index (χ3n) is 2.86. The highest BCUT2D eigenvalue weighted by molar-refractivity contribution is 5.79. The van der Waals surface area contributed by atoms with Gasteiger partial charge in [0.25, 0.3) is 0 Å². The first-order chi connectivity index (χ1) is 9.16. The van der Waals surface area contributed by atoms with Gasteiger partial charge in [-0.15, -0.1) is 0 Å². The fourth-order valence-electron chi connectivity index (χ4n) is 1.78. The van der Waals surface area contributed by atoms with Crippen LogP contribution in [0.2, 0.25) is 0 Å². The molecule has 1 rings (SSSR count). The molecule has 0 bridgehead atoms. The normalized spacial score (nSPS) is 12.9. The van der Waals surface area contributed by atoms with E-state index in [1.165, 1.54) is 11.9 Å². The van der Waals surface area contributed by atoms with Crippen LogP contribution < -0.4 is 16.0 Å². The van der Waals surface area contributed by atoms with Crippen molar-refractivity contribution < 1.29 is 18.0 Å². The molecule has 0 aliphatic carbocycles. The van der Waals surface area contributed by atoms with E-state index in [0.29, 0.717) is 0 Å². The minimum absolute atomic E-state index is 0.129. The highest BCUT2D eigenvalue weighted by Gasteiger charge is 2.33. The van der Waals surface area contributed by atoms with Crippen molar-refractivity contribution in [2.75, 3.05) is 31.3 Å². The molecule has 1 unspecified atom stereocenters. The number of carbonyl (C=O) groups is 1. The third kappa shape index (κ3) is 3.75. The van der Waals surface area contributed by atoms with Gasteiger partial charge in [0.2, 0.25) is 5.91 Å². The van der Waals surface area contributed by atoms with Crippen LogP contribution in [0.5, 0.6) is 0 Å². The van der Waals surface area contributed by atoms with Crippen molar-refractivity contribution in [2.45, 2.75) is 13.1 Å². The van der Waals surface area contributed by atoms with Gasteiger partial charge in [0.05, 0.1) is 23.5 Å². The summed E-state index contributed by atoms with van der Waals surface area (Å²) in [6.07, 6.45) is -3.56. The van der Waals surface area contributed by atoms with Gasteiger partial charge in [-0.2, -0.15) is 13.2 Å². The number of nitrogen functional groups attached to an aromatic ring is 1. The molecule has 0 aliphatic rings. The number of nitrogens with zero attached hydrogens (tertiary/aromatic N) is 2. The molecule has 0 saturated carbocycles. The molecule has 1 amide bonds. The van der Waals surface area contributed by atoms with Crippen LogP contribution >= 0.6 is 0 Å². The Hall–Kier alpha value is -1.99. The zero-order valence-corrected chi connectivity index (χ0v) is 11.5. The van der Waals surface area contributed by atoms with Gasteiger partial charge < -0.3 is 16.0 Å². The topological polar surface area (TPSA) is 71.2 Å². The lowest BCUT2D eigenvalue weighted by Crippen LogP contribution is -2.34. The molecular formula is C12H17F3N4O. The van der Waals surface area contributed by atoms with E-state index in [4.69, 9.17) is 5.73 Å². The standard InChI is InChI=1S/C12H17F3N4O/c1-7(11(20)17-2)6-19(3)9-4-10(12(13,14)15)18-5-8(9)16/h4-5,7H,6,16H2,1-3H3,(H,17,20). The Morgan fingerprint density at radius 1 is 1.55 bits per heavy atom. The molecule has 0 aromatic carbocycles. The number of nitrogens with one attached hydrogen (secondary N) is 1. The molecule has 0 fully saturated rings. The van der Waals surface area contributed by atoms with E-state index in [0.717, 1.165) is 12.3 Å². The molecule has 5 nitrogen and oxygen atoms in total. The van der Waals surface area contributed by atoms with Crippen molar-refractivity contribution in [1.29, 1.82) is 0 Å². The quantitative estimate of drug-likeness (QED) is 0.881. The summed E-state index contributed by atoms with van der Waals surface area (Å²) in [6.45, 7) is 1.92. The zero-order valence-electron chi connectivity index (χ0n) is 11.5. The van der Waals surface area contributed by atoms with E-state index >= 15 is 0 Å². The molecule has 3 N–H and O–H groups in total. The zero-order chi connectivity index (χ0) is 15.5. The average Bonchev–Trinajstić information content (AvgIpc) is 2.36. The second kappa shape index (κ2) is 5.98. The largest absolute Gasteiger partial charge is 0.433 e. The fraction of sp³-hybridized carbons (Fsp3) is 0.500. The average molecular weight is 290 g/mol. The summed E-state index contributed by atoms with van der Waals surface area (Å²) in [4.78, 5) is 16.2. The van der Waals surface area contributed by atoms with Crippen LogP contribution in [0.25, 0.3) is 0 Å². The van der Waals surface area contributed by atoms with Gasteiger partial charge in [0, 0.05) is 20.6 Å². The van der Waals surface area contributed by atoms with Crippen molar-refractivity contribution in [3.8, 4) is 0 Å². The Labute approximate surface area is 115 Å². The summed E-state index contributed by atoms with van der Waals surface area (Å²) < 4.78 is 37.9. The number of rotatable bonds is 4. The van der Waals surface area contributed by atoms with Crippen molar-refractivity contribution in [3.63, 3.8) is 0 Å². The Morgan fingerprint density at radius 3 is 2.65 bits per heavy atom. The molecule has 112 valence electrons. The third-order valence-corrected chi connectivity index (χ3v) is 2.86. The second-order valence-electron chi connectivity index (χ2n) is 4.52. The number of hydrogen-bond acceptors (Lipinski definition) is 4. The van der Waals surface area contributed by atoms with Crippen LogP contribution in [0.4, 0.5) is 24.5 Å². The summed E-state index contributed by atoms with van der Waals surface area (Å²) in [6, 6.07) is 0.881. The molecule has 8 heteroatoms. The van der Waals surface area contributed by atoms with Crippen LogP contribution in [0.15, 0.2) is 12.3 Å². The number of carbonyl (C=O) groups excluding carboxylic acids is 1. The monoisotopic (exact) mass is 290 g/mol. The predicted molar refractivity (Wildman–Crippen MR) is 70.2 cm³/mol. The molecule has 1 heterocycles. The van der Waals surface area contributed by atoms with Crippen LogP contribution in [0.3, 0.4) is 0 Å². The summed E-state index contributed by atoms with van der Waals surface area (Å²) in [7, 11) is 3.08. The minimum Gasteiger partial charge on any atom is -0.396 e. The Balaban J connectivity index is 2.98. The lowest BCUT2D eigenvalue weighted by atomic mass is 10.1. The second-order valence-corrected chi connectivity index (χ2v) is 4.52. The number of aromatic nitrogens is 1. The number of nitrogens with two attached hydrogens (primary N) is 1. The number of alkyl halides is 3. The first-order valence-electron chi connectivity index (χ1n) is 5.92. The van der Waals surface area contributed by atoms with Crippen LogP contribution in [-0.2, 0) is 11.0 Å². The first-order valence-corrected chi connectivity index (χ1v) is 5.92. The number of amides is 1. The molecule has 1 aromatic rings. The molecule has 20 heavy (non-hydrogen) atoms. The maximum absolute atomic E-state index is 12.6. The summed E-state index contributed by atoms with van der Waals surface area (Å²) in [5, 5.41) is 2.48. The van der Waals surface area contributed by atoms with Gasteiger partial charge in [0.1, 0.15) is 5.69 Å². The molecule has 0 aliphatic heterocycles. The van der Waals surface area contributed by atoms with Crippen LogP contribution in [-0.4, -0.2) is 31.5 Å². The highest BCUT2D eigenvalue weighted by Crippen LogP contribution is 2.32. The van der Waals surface area contributed by atoms with E-state index in [2.05, 4.69) is 10.3 Å². The summed E-state index contributed by atoms with van der Waals surface area (Å²) >= 11 is 0. The van der Waals surface area contributed by atoms with Crippen molar-refractivity contribution in [1.82, 2.24) is 10.3 Å². The Kier molecular flexibility index (Phi) is 4.80. The Morgan fingerprint density at radius 2 is 2.15 bits per heavy atom. The van der Waals surface area contributed by atoms with Crippen molar-refractivity contribution in [3.05, 3.63) is 18.0 Å². The first kappa shape index (κ1) is 16.1. The molecule has 0 spiro atoms. The van der Waals surface area contributed by atoms with Gasteiger partial charge in [0.15, 0.2) is 0 Å². The predicted octanol–water partition coefficient (Wildman–Crippen LogP) is 1.50. The van der Waals surface area contributed by atoms with Gasteiger partial charge in [-0.05, 0) is 6.07 Å². The SMILES string of the molecule is CNC(=O)C(C)CN(C)c1cc(C(F)(F)F)ncc1N. The smallest absolute Gasteiger partial charge is 0.396 e. The summed E-state index contributed by atoms with van der Waals surface area (Å²) in [5.41, 5.74) is 4.96. The molecule has 1 aromatic heterocycles. The summed E-state index contributed by atoms with van der Waals surface area (Å²) in [5.74, 6) is -0.576. The van der Waals surface area contributed by atoms with Crippen LogP contribution in [0, 0.1) is 5.92 Å². The van der Waals surface area contributed by atoms with Gasteiger partial charge in [-0.3, -0.25) is 4.79 Å². The lowest BCUT2D eigenvalue weighted by molar-refractivity contribution is -0.141. The molecular weight excluding hydrogens is 273 g/mol. The lowest BCUT2D eigenvalue weighted by Gasteiger charge is -2.24. The molecule has 0 radical (unpaired) electrons. The number of hydrogen-bond donors (Lipinski definition) is 2. The van der Waals surface area contributed by atoms with E-state index in [1.807, 2.05) is 0 Å². The van der Waals surface area contributed by atoms with Gasteiger partial charge in [-0.25, -0.2) is 4.98 Å². The van der Waals surface area contributed by atoms with Crippen LogP contribution in [0.1, 0.15) is 12.6 Å². The number of halogens is 3. The minimum atomic E-state index is -4.53. The molecule has 1 atom stereocenters. The number of pyridine rings is 1.